The Labute approximate surface area is 85.5 Å². The lowest BCUT2D eigenvalue weighted by atomic mass is 10.2. The largest absolute Gasteiger partial charge is 0.480 e. The van der Waals surface area contributed by atoms with Crippen molar-refractivity contribution in [2.24, 2.45) is 0 Å². The van der Waals surface area contributed by atoms with Gasteiger partial charge in [0.25, 0.3) is 0 Å². The Morgan fingerprint density at radius 3 is 2.08 bits per heavy atom. The minimum atomic E-state index is -0.767. The molecule has 3 nitrogen and oxygen atoms in total. The average Bonchev–Trinajstić information content (AvgIpc) is 2.05. The Morgan fingerprint density at radius 2 is 1.85 bits per heavy atom. The van der Waals surface area contributed by atoms with Gasteiger partial charge in [-0.2, -0.15) is 12.6 Å². The van der Waals surface area contributed by atoms with Gasteiger partial charge in [0, 0.05) is 5.75 Å². The SMILES string of the molecule is CCCN(CCC)[C@@H](CS)C(=O)O. The summed E-state index contributed by atoms with van der Waals surface area (Å²) in [5.41, 5.74) is 0. The Morgan fingerprint density at radius 1 is 1.38 bits per heavy atom. The topological polar surface area (TPSA) is 40.5 Å². The van der Waals surface area contributed by atoms with Gasteiger partial charge in [0.15, 0.2) is 0 Å². The van der Waals surface area contributed by atoms with Crippen molar-refractivity contribution in [1.29, 1.82) is 0 Å². The first-order chi connectivity index (χ1) is 6.17. The van der Waals surface area contributed by atoms with Gasteiger partial charge < -0.3 is 5.11 Å². The minimum Gasteiger partial charge on any atom is -0.480 e. The van der Waals surface area contributed by atoms with Gasteiger partial charge in [0.1, 0.15) is 6.04 Å². The van der Waals surface area contributed by atoms with E-state index in [-0.39, 0.29) is 0 Å². The van der Waals surface area contributed by atoms with Crippen LogP contribution in [0.1, 0.15) is 26.7 Å². The molecular formula is C9H19NO2S. The number of hydrogen-bond donors (Lipinski definition) is 2. The zero-order valence-electron chi connectivity index (χ0n) is 8.36. The highest BCUT2D eigenvalue weighted by Crippen LogP contribution is 2.04. The van der Waals surface area contributed by atoms with Gasteiger partial charge in [-0.3, -0.25) is 9.69 Å². The van der Waals surface area contributed by atoms with E-state index in [2.05, 4.69) is 26.5 Å². The molecule has 0 aromatic heterocycles. The molecule has 0 aromatic carbocycles. The summed E-state index contributed by atoms with van der Waals surface area (Å²) >= 11 is 4.06. The standard InChI is InChI=1S/C9H19NO2S/c1-3-5-10(6-4-2)8(7-13)9(11)12/h8,13H,3-7H2,1-2H3,(H,11,12)/t8-/m0/s1. The molecule has 0 bridgehead atoms. The second kappa shape index (κ2) is 7.21. The zero-order chi connectivity index (χ0) is 10.3. The van der Waals surface area contributed by atoms with E-state index in [0.717, 1.165) is 25.9 Å². The number of thiol groups is 1. The fourth-order valence-electron chi connectivity index (χ4n) is 1.35. The first-order valence-corrected chi connectivity index (χ1v) is 5.38. The molecule has 0 heterocycles. The molecule has 0 radical (unpaired) electrons. The Balaban J connectivity index is 4.20. The van der Waals surface area contributed by atoms with E-state index in [9.17, 15) is 4.79 Å². The van der Waals surface area contributed by atoms with Gasteiger partial charge in [-0.05, 0) is 25.9 Å². The van der Waals surface area contributed by atoms with E-state index in [0.29, 0.717) is 5.75 Å². The van der Waals surface area contributed by atoms with Crippen LogP contribution in [0.5, 0.6) is 0 Å². The summed E-state index contributed by atoms with van der Waals surface area (Å²) in [5, 5.41) is 8.91. The van der Waals surface area contributed by atoms with E-state index in [1.54, 1.807) is 0 Å². The van der Waals surface area contributed by atoms with Crippen LogP contribution in [0.4, 0.5) is 0 Å². The molecule has 0 aromatic rings. The third-order valence-corrected chi connectivity index (χ3v) is 2.27. The van der Waals surface area contributed by atoms with E-state index >= 15 is 0 Å². The van der Waals surface area contributed by atoms with Crippen molar-refractivity contribution in [2.75, 3.05) is 18.8 Å². The molecule has 1 atom stereocenters. The smallest absolute Gasteiger partial charge is 0.321 e. The fraction of sp³-hybridized carbons (Fsp3) is 0.889. The lowest BCUT2D eigenvalue weighted by Crippen LogP contribution is -2.43. The predicted molar refractivity (Wildman–Crippen MR) is 57.4 cm³/mol. The molecule has 78 valence electrons. The lowest BCUT2D eigenvalue weighted by molar-refractivity contribution is -0.142. The van der Waals surface area contributed by atoms with Gasteiger partial charge >= 0.3 is 5.97 Å². The summed E-state index contributed by atoms with van der Waals surface area (Å²) in [6.45, 7) is 5.79. The number of aliphatic carboxylic acids is 1. The van der Waals surface area contributed by atoms with Crippen LogP contribution in [0.25, 0.3) is 0 Å². The highest BCUT2D eigenvalue weighted by molar-refractivity contribution is 7.80. The predicted octanol–water partition coefficient (Wildman–Crippen LogP) is 1.49. The van der Waals surface area contributed by atoms with Crippen molar-refractivity contribution in [3.8, 4) is 0 Å². The summed E-state index contributed by atoms with van der Waals surface area (Å²) in [4.78, 5) is 12.8. The molecule has 0 aliphatic heterocycles. The quantitative estimate of drug-likeness (QED) is 0.619. The van der Waals surface area contributed by atoms with Crippen LogP contribution >= 0.6 is 12.6 Å². The molecule has 0 aliphatic rings. The van der Waals surface area contributed by atoms with Gasteiger partial charge in [-0.1, -0.05) is 13.8 Å². The summed E-state index contributed by atoms with van der Waals surface area (Å²) in [5.74, 6) is -0.382. The lowest BCUT2D eigenvalue weighted by Gasteiger charge is -2.26. The summed E-state index contributed by atoms with van der Waals surface area (Å²) < 4.78 is 0. The van der Waals surface area contributed by atoms with Crippen LogP contribution in [-0.4, -0.2) is 40.9 Å². The molecule has 0 saturated carbocycles. The summed E-state index contributed by atoms with van der Waals surface area (Å²) in [6, 6.07) is -0.428. The first kappa shape index (κ1) is 12.8. The van der Waals surface area contributed by atoms with Crippen molar-refractivity contribution < 1.29 is 9.90 Å². The Bertz CT molecular complexity index is 147. The van der Waals surface area contributed by atoms with E-state index < -0.39 is 12.0 Å². The third-order valence-electron chi connectivity index (χ3n) is 1.92. The van der Waals surface area contributed by atoms with Gasteiger partial charge in [0.05, 0.1) is 0 Å². The molecule has 0 aliphatic carbocycles. The number of hydrogen-bond acceptors (Lipinski definition) is 3. The number of nitrogens with zero attached hydrogens (tertiary/aromatic N) is 1. The molecule has 0 rings (SSSR count). The normalized spacial score (nSPS) is 13.2. The van der Waals surface area contributed by atoms with Crippen LogP contribution in [-0.2, 0) is 4.79 Å². The molecule has 0 saturated heterocycles. The number of carbonyl (C=O) groups is 1. The number of carboxylic acid groups (broad SMARTS) is 1. The van der Waals surface area contributed by atoms with Crippen LogP contribution in [0.15, 0.2) is 0 Å². The Kier molecular flexibility index (Phi) is 7.09. The van der Waals surface area contributed by atoms with Gasteiger partial charge in [-0.15, -0.1) is 0 Å². The van der Waals surface area contributed by atoms with Crippen molar-refractivity contribution in [1.82, 2.24) is 4.90 Å². The molecular weight excluding hydrogens is 186 g/mol. The summed E-state index contributed by atoms with van der Waals surface area (Å²) in [6.07, 6.45) is 1.97. The number of carboxylic acids is 1. The van der Waals surface area contributed by atoms with Crippen molar-refractivity contribution in [3.63, 3.8) is 0 Å². The molecule has 0 unspecified atom stereocenters. The van der Waals surface area contributed by atoms with Crippen molar-refractivity contribution in [3.05, 3.63) is 0 Å². The summed E-state index contributed by atoms with van der Waals surface area (Å²) in [7, 11) is 0. The fourth-order valence-corrected chi connectivity index (χ4v) is 1.73. The minimum absolute atomic E-state index is 0.384. The van der Waals surface area contributed by atoms with Crippen LogP contribution in [0, 0.1) is 0 Å². The maximum Gasteiger partial charge on any atom is 0.321 e. The highest BCUT2D eigenvalue weighted by atomic mass is 32.1. The van der Waals surface area contributed by atoms with E-state index in [4.69, 9.17) is 5.11 Å². The second-order valence-electron chi connectivity index (χ2n) is 3.07. The van der Waals surface area contributed by atoms with E-state index in [1.165, 1.54) is 0 Å². The van der Waals surface area contributed by atoms with E-state index in [1.807, 2.05) is 4.90 Å². The molecule has 0 spiro atoms. The van der Waals surface area contributed by atoms with Crippen LogP contribution < -0.4 is 0 Å². The molecule has 4 heteroatoms. The van der Waals surface area contributed by atoms with Crippen molar-refractivity contribution >= 4 is 18.6 Å². The third kappa shape index (κ3) is 4.52. The van der Waals surface area contributed by atoms with Gasteiger partial charge in [-0.25, -0.2) is 0 Å². The van der Waals surface area contributed by atoms with Crippen LogP contribution in [0.2, 0.25) is 0 Å². The zero-order valence-corrected chi connectivity index (χ0v) is 9.26. The second-order valence-corrected chi connectivity index (χ2v) is 3.44. The molecule has 0 fully saturated rings. The Hall–Kier alpha value is -0.220. The number of rotatable bonds is 7. The molecule has 0 amide bonds. The monoisotopic (exact) mass is 205 g/mol. The van der Waals surface area contributed by atoms with Crippen LogP contribution in [0.3, 0.4) is 0 Å². The van der Waals surface area contributed by atoms with Crippen molar-refractivity contribution in [2.45, 2.75) is 32.7 Å². The maximum absolute atomic E-state index is 10.8. The molecule has 13 heavy (non-hydrogen) atoms. The van der Waals surface area contributed by atoms with Gasteiger partial charge in [0.2, 0.25) is 0 Å². The maximum atomic E-state index is 10.8. The first-order valence-electron chi connectivity index (χ1n) is 4.75. The highest BCUT2D eigenvalue weighted by Gasteiger charge is 2.22. The molecule has 1 N–H and O–H groups in total. The average molecular weight is 205 g/mol.